The Morgan fingerprint density at radius 1 is 0.469 bits per heavy atom. The Morgan fingerprint density at radius 3 is 1.50 bits per heavy atom. The van der Waals surface area contributed by atoms with Crippen LogP contribution in [0, 0.1) is 0 Å². The quantitative estimate of drug-likeness (QED) is 0.156. The second kappa shape index (κ2) is 16.2. The molecule has 0 spiro atoms. The summed E-state index contributed by atoms with van der Waals surface area (Å²) in [5, 5.41) is 6.14. The third-order valence-corrected chi connectivity index (χ3v) is 13.5. The Bertz CT molecular complexity index is 3200. The summed E-state index contributed by atoms with van der Waals surface area (Å²) in [6.45, 7) is 6.94. The van der Waals surface area contributed by atoms with Gasteiger partial charge in [-0.25, -0.2) is 0 Å². The summed E-state index contributed by atoms with van der Waals surface area (Å²) < 4.78 is 0. The van der Waals surface area contributed by atoms with Gasteiger partial charge in [-0.1, -0.05) is 189 Å². The lowest BCUT2D eigenvalue weighted by molar-refractivity contribution is 0.661. The summed E-state index contributed by atoms with van der Waals surface area (Å²) in [7, 11) is 0. The Kier molecular flexibility index (Phi) is 9.93. The SMILES string of the molecule is CC1=CCC(N(c2ccc(-c3ccc4c(c3)C(C)(C)c3cc(-c5ccc(Nc6ccc(-c7ccc(-c8ccccc8)cc7)cc6)cc5)ccc3-4)cc2)c2cccc3ccccc23)C=C1. The molecule has 64 heavy (non-hydrogen) atoms. The van der Waals surface area contributed by atoms with E-state index in [1.807, 2.05) is 0 Å². The normalized spacial score (nSPS) is 14.7. The molecule has 0 radical (unpaired) electrons. The first-order chi connectivity index (χ1) is 31.4. The van der Waals surface area contributed by atoms with E-state index >= 15 is 0 Å². The highest BCUT2D eigenvalue weighted by atomic mass is 15.2. The molecular formula is C62H50N2. The van der Waals surface area contributed by atoms with Crippen molar-refractivity contribution in [2.24, 2.45) is 0 Å². The average molecular weight is 823 g/mol. The van der Waals surface area contributed by atoms with Crippen molar-refractivity contribution in [2.45, 2.75) is 38.6 Å². The molecule has 308 valence electrons. The molecular weight excluding hydrogens is 773 g/mol. The van der Waals surface area contributed by atoms with E-state index in [9.17, 15) is 0 Å². The van der Waals surface area contributed by atoms with Crippen molar-refractivity contribution in [1.29, 1.82) is 0 Å². The van der Waals surface area contributed by atoms with E-state index in [4.69, 9.17) is 0 Å². The maximum atomic E-state index is 3.61. The summed E-state index contributed by atoms with van der Waals surface area (Å²) in [4.78, 5) is 2.52. The molecule has 0 amide bonds. The minimum Gasteiger partial charge on any atom is -0.356 e. The van der Waals surface area contributed by atoms with Gasteiger partial charge in [-0.15, -0.1) is 0 Å². The van der Waals surface area contributed by atoms with Crippen LogP contribution in [0.4, 0.5) is 22.7 Å². The lowest BCUT2D eigenvalue weighted by Gasteiger charge is -2.34. The van der Waals surface area contributed by atoms with Crippen LogP contribution in [0.3, 0.4) is 0 Å². The van der Waals surface area contributed by atoms with Crippen LogP contribution in [0.2, 0.25) is 0 Å². The molecule has 9 aromatic carbocycles. The zero-order valence-electron chi connectivity index (χ0n) is 36.6. The van der Waals surface area contributed by atoms with Crippen molar-refractivity contribution in [3.8, 4) is 55.6 Å². The van der Waals surface area contributed by atoms with Gasteiger partial charge >= 0.3 is 0 Å². The van der Waals surface area contributed by atoms with Crippen molar-refractivity contribution in [1.82, 2.24) is 0 Å². The second-order valence-corrected chi connectivity index (χ2v) is 17.9. The molecule has 0 aromatic heterocycles. The van der Waals surface area contributed by atoms with Crippen molar-refractivity contribution in [2.75, 3.05) is 10.2 Å². The first-order valence-electron chi connectivity index (χ1n) is 22.5. The maximum Gasteiger partial charge on any atom is 0.0560 e. The number of hydrogen-bond donors (Lipinski definition) is 1. The van der Waals surface area contributed by atoms with Gasteiger partial charge in [0.2, 0.25) is 0 Å². The number of anilines is 4. The maximum absolute atomic E-state index is 3.61. The number of hydrogen-bond acceptors (Lipinski definition) is 2. The first-order valence-corrected chi connectivity index (χ1v) is 22.5. The van der Waals surface area contributed by atoms with E-state index in [-0.39, 0.29) is 11.5 Å². The van der Waals surface area contributed by atoms with Gasteiger partial charge in [0.05, 0.1) is 6.04 Å². The molecule has 11 rings (SSSR count). The summed E-state index contributed by atoms with van der Waals surface area (Å²) in [5.41, 5.74) is 21.0. The fourth-order valence-corrected chi connectivity index (χ4v) is 9.89. The van der Waals surface area contributed by atoms with Gasteiger partial charge in [-0.2, -0.15) is 0 Å². The summed E-state index contributed by atoms with van der Waals surface area (Å²) in [6.07, 6.45) is 7.94. The highest BCUT2D eigenvalue weighted by Crippen LogP contribution is 2.51. The average Bonchev–Trinajstić information content (AvgIpc) is 3.58. The summed E-state index contributed by atoms with van der Waals surface area (Å²) in [5.74, 6) is 0. The number of benzene rings is 9. The van der Waals surface area contributed by atoms with E-state index in [0.717, 1.165) is 17.8 Å². The third kappa shape index (κ3) is 7.31. The Morgan fingerprint density at radius 2 is 0.938 bits per heavy atom. The predicted octanol–water partition coefficient (Wildman–Crippen LogP) is 17.0. The molecule has 2 heteroatoms. The van der Waals surface area contributed by atoms with E-state index in [1.54, 1.807) is 0 Å². The molecule has 0 saturated carbocycles. The fraction of sp³-hybridized carbons (Fsp3) is 0.0968. The lowest BCUT2D eigenvalue weighted by Crippen LogP contribution is -2.30. The van der Waals surface area contributed by atoms with Crippen molar-refractivity contribution >= 4 is 33.5 Å². The number of fused-ring (bicyclic) bond motifs is 4. The van der Waals surface area contributed by atoms with E-state index in [1.165, 1.54) is 94.5 Å². The van der Waals surface area contributed by atoms with Gasteiger partial charge in [0.25, 0.3) is 0 Å². The molecule has 0 bridgehead atoms. The highest BCUT2D eigenvalue weighted by Gasteiger charge is 2.36. The number of rotatable bonds is 9. The predicted molar refractivity (Wildman–Crippen MR) is 273 cm³/mol. The molecule has 1 N–H and O–H groups in total. The van der Waals surface area contributed by atoms with Gasteiger partial charge in [0.15, 0.2) is 0 Å². The Labute approximate surface area is 377 Å². The molecule has 0 fully saturated rings. The van der Waals surface area contributed by atoms with Gasteiger partial charge in [0, 0.05) is 33.6 Å². The minimum absolute atomic E-state index is 0.141. The highest BCUT2D eigenvalue weighted by molar-refractivity contribution is 5.97. The largest absolute Gasteiger partial charge is 0.356 e. The van der Waals surface area contributed by atoms with Crippen LogP contribution >= 0.6 is 0 Å². The minimum atomic E-state index is -0.141. The molecule has 2 aliphatic carbocycles. The Balaban J connectivity index is 0.803. The zero-order chi connectivity index (χ0) is 43.2. The fourth-order valence-electron chi connectivity index (χ4n) is 9.89. The van der Waals surface area contributed by atoms with Gasteiger partial charge in [-0.3, -0.25) is 0 Å². The van der Waals surface area contributed by atoms with Gasteiger partial charge < -0.3 is 10.2 Å². The summed E-state index contributed by atoms with van der Waals surface area (Å²) in [6, 6.07) is 75.8. The zero-order valence-corrected chi connectivity index (χ0v) is 36.6. The lowest BCUT2D eigenvalue weighted by atomic mass is 9.81. The van der Waals surface area contributed by atoms with Crippen molar-refractivity contribution in [3.63, 3.8) is 0 Å². The molecule has 0 aliphatic heterocycles. The number of allylic oxidation sites excluding steroid dienone is 2. The van der Waals surface area contributed by atoms with Crippen molar-refractivity contribution < 1.29 is 0 Å². The van der Waals surface area contributed by atoms with Gasteiger partial charge in [-0.05, 0) is 140 Å². The van der Waals surface area contributed by atoms with Crippen LogP contribution in [0.25, 0.3) is 66.4 Å². The number of nitrogens with one attached hydrogen (secondary N) is 1. The van der Waals surface area contributed by atoms with Crippen LogP contribution in [-0.2, 0) is 5.41 Å². The molecule has 9 aromatic rings. The van der Waals surface area contributed by atoms with Crippen LogP contribution in [-0.4, -0.2) is 6.04 Å². The van der Waals surface area contributed by atoms with Crippen LogP contribution in [0.15, 0.2) is 230 Å². The molecule has 2 nitrogen and oxygen atoms in total. The first kappa shape index (κ1) is 39.2. The second-order valence-electron chi connectivity index (χ2n) is 17.9. The van der Waals surface area contributed by atoms with E-state index in [2.05, 4.69) is 255 Å². The van der Waals surface area contributed by atoms with Crippen molar-refractivity contribution in [3.05, 3.63) is 241 Å². The standard InChI is InChI=1S/C62H50N2/c1-42-16-34-54(35-17-42)64(61-15-9-13-49-12-7-8-14-56(49)61)55-36-26-48(27-37-55)51-29-39-58-57-38-28-50(40-59(57)62(2,3)60(58)41-51)47-24-32-53(33-25-47)63-52-30-22-46(23-31-52)45-20-18-44(19-21-45)43-10-5-4-6-11-43/h4-34,36-41,54,63H,35H2,1-3H3. The molecule has 0 saturated heterocycles. The topological polar surface area (TPSA) is 15.3 Å². The Hall–Kier alpha value is -7.68. The monoisotopic (exact) mass is 822 g/mol. The third-order valence-electron chi connectivity index (χ3n) is 13.5. The molecule has 1 unspecified atom stereocenters. The smallest absolute Gasteiger partial charge is 0.0560 e. The van der Waals surface area contributed by atoms with Gasteiger partial charge in [0.1, 0.15) is 0 Å². The molecule has 2 aliphatic rings. The number of nitrogens with zero attached hydrogens (tertiary/aromatic N) is 1. The van der Waals surface area contributed by atoms with Crippen LogP contribution < -0.4 is 10.2 Å². The van der Waals surface area contributed by atoms with E-state index < -0.39 is 0 Å². The summed E-state index contributed by atoms with van der Waals surface area (Å²) >= 11 is 0. The molecule has 0 heterocycles. The molecule has 1 atom stereocenters. The van der Waals surface area contributed by atoms with Crippen LogP contribution in [0.5, 0.6) is 0 Å². The van der Waals surface area contributed by atoms with E-state index in [0.29, 0.717) is 0 Å². The van der Waals surface area contributed by atoms with Crippen LogP contribution in [0.1, 0.15) is 38.3 Å².